The van der Waals surface area contributed by atoms with Gasteiger partial charge in [-0.25, -0.2) is 0 Å². The van der Waals surface area contributed by atoms with Crippen LogP contribution in [0.4, 0.5) is 11.4 Å². The molecule has 4 rings (SSSR count). The molecule has 0 bridgehead atoms. The van der Waals surface area contributed by atoms with Crippen molar-refractivity contribution in [3.05, 3.63) is 72.3 Å². The predicted octanol–water partition coefficient (Wildman–Crippen LogP) is 7.16. The van der Waals surface area contributed by atoms with Crippen molar-refractivity contribution in [1.82, 2.24) is 0 Å². The summed E-state index contributed by atoms with van der Waals surface area (Å²) in [6.07, 6.45) is 3.76. The van der Waals surface area contributed by atoms with Gasteiger partial charge in [-0.1, -0.05) is 56.5 Å². The molecule has 10 nitrogen and oxygen atoms in total. The summed E-state index contributed by atoms with van der Waals surface area (Å²) in [7, 11) is 0. The summed E-state index contributed by atoms with van der Waals surface area (Å²) >= 11 is 0. The Morgan fingerprint density at radius 3 is 1.90 bits per heavy atom. The third-order valence-corrected chi connectivity index (χ3v) is 8.63. The van der Waals surface area contributed by atoms with Crippen LogP contribution in [0.1, 0.15) is 78.2 Å². The van der Waals surface area contributed by atoms with Crippen molar-refractivity contribution in [3.8, 4) is 23.0 Å². The molecule has 3 aromatic rings. The van der Waals surface area contributed by atoms with E-state index in [2.05, 4.69) is 17.6 Å². The molecule has 0 aromatic heterocycles. The molecule has 264 valence electrons. The maximum Gasteiger partial charge on any atom is 0.235 e. The smallest absolute Gasteiger partial charge is 0.235 e. The topological polar surface area (TPSA) is 132 Å². The second kappa shape index (κ2) is 17.7. The Hall–Kier alpha value is -4.57. The summed E-state index contributed by atoms with van der Waals surface area (Å²) < 4.78 is 23.5. The number of ketones is 1. The number of carbonyl (C=O) groups excluding carboxylic acids is 3. The van der Waals surface area contributed by atoms with Crippen molar-refractivity contribution in [2.24, 2.45) is 11.8 Å². The van der Waals surface area contributed by atoms with Crippen molar-refractivity contribution in [1.29, 1.82) is 0 Å². The lowest BCUT2D eigenvalue weighted by molar-refractivity contribution is -0.150. The lowest BCUT2D eigenvalue weighted by Gasteiger charge is -2.44. The van der Waals surface area contributed by atoms with Crippen molar-refractivity contribution >= 4 is 29.0 Å². The molecule has 0 heterocycles. The molecule has 1 fully saturated rings. The monoisotopic (exact) mass is 674 g/mol. The number of nitrogens with one attached hydrogen (secondary N) is 2. The summed E-state index contributed by atoms with van der Waals surface area (Å²) in [5, 5.41) is 17.7. The number of amides is 2. The van der Waals surface area contributed by atoms with Crippen LogP contribution >= 0.6 is 0 Å². The molecule has 0 spiro atoms. The minimum atomic E-state index is -1.80. The second-order valence-electron chi connectivity index (χ2n) is 12.4. The largest absolute Gasteiger partial charge is 0.492 e. The molecule has 1 aliphatic carbocycles. The highest BCUT2D eigenvalue weighted by molar-refractivity contribution is 6.11. The van der Waals surface area contributed by atoms with Gasteiger partial charge in [0.05, 0.1) is 49.3 Å². The van der Waals surface area contributed by atoms with Crippen LogP contribution in [0, 0.1) is 11.8 Å². The fraction of sp³-hybridized carbons (Fsp3) is 0.462. The molecule has 1 saturated carbocycles. The number of unbranched alkanes of at least 4 members (excludes halogenated alkanes) is 3. The molecule has 2 amide bonds. The molecule has 0 saturated heterocycles. The van der Waals surface area contributed by atoms with E-state index in [0.717, 1.165) is 25.7 Å². The fourth-order valence-electron chi connectivity index (χ4n) is 6.45. The quantitative estimate of drug-likeness (QED) is 0.102. The van der Waals surface area contributed by atoms with Gasteiger partial charge in [0.15, 0.2) is 11.5 Å². The average molecular weight is 675 g/mol. The standard InChI is InChI=1S/C39H50N2O8/c1-6-10-11-16-23-49-32-22-21-26(24-33(32)48-9-4)34-35(37(43)40-27-17-12-14-19-30(27)46-7-2)29(42)25-39(5,45)36(34)38(44)41-28-18-13-15-20-31(28)47-8-3/h12-15,17-22,24,34-36,45H,6-11,16,23,25H2,1-5H3,(H,40,43)(H,41,44). The number of hydrogen-bond donors (Lipinski definition) is 3. The summed E-state index contributed by atoms with van der Waals surface area (Å²) in [5.41, 5.74) is -0.514. The summed E-state index contributed by atoms with van der Waals surface area (Å²) in [4.78, 5) is 42.5. The number of carbonyl (C=O) groups is 3. The first-order valence-corrected chi connectivity index (χ1v) is 17.3. The zero-order valence-electron chi connectivity index (χ0n) is 29.3. The van der Waals surface area contributed by atoms with Crippen molar-refractivity contribution in [3.63, 3.8) is 0 Å². The number of rotatable bonds is 17. The average Bonchev–Trinajstić information content (AvgIpc) is 3.06. The summed E-state index contributed by atoms with van der Waals surface area (Å²) in [6, 6.07) is 19.2. The first-order chi connectivity index (χ1) is 23.6. The van der Waals surface area contributed by atoms with Crippen LogP contribution in [-0.2, 0) is 14.4 Å². The Morgan fingerprint density at radius 1 is 0.735 bits per heavy atom. The van der Waals surface area contributed by atoms with Gasteiger partial charge in [0.2, 0.25) is 11.8 Å². The molecule has 10 heteroatoms. The Bertz CT molecular complexity index is 1570. The number of ether oxygens (including phenoxy) is 4. The molecular formula is C39H50N2O8. The van der Waals surface area contributed by atoms with Crippen molar-refractivity contribution in [2.45, 2.75) is 78.2 Å². The van der Waals surface area contributed by atoms with Gasteiger partial charge in [-0.2, -0.15) is 0 Å². The SMILES string of the molecule is CCCCCCOc1ccc(C2C(C(=O)Nc3ccccc3OCC)C(=O)CC(C)(O)C2C(=O)Nc2ccccc2OCC)cc1OCC. The molecule has 1 aliphatic rings. The van der Waals surface area contributed by atoms with Crippen LogP contribution in [0.3, 0.4) is 0 Å². The van der Waals surface area contributed by atoms with Crippen molar-refractivity contribution in [2.75, 3.05) is 37.1 Å². The lowest BCUT2D eigenvalue weighted by Crippen LogP contribution is -2.56. The minimum absolute atomic E-state index is 0.340. The molecule has 0 radical (unpaired) electrons. The second-order valence-corrected chi connectivity index (χ2v) is 12.4. The van der Waals surface area contributed by atoms with Gasteiger partial charge in [-0.15, -0.1) is 0 Å². The zero-order chi connectivity index (χ0) is 35.4. The number of benzene rings is 3. The van der Waals surface area contributed by atoms with E-state index in [9.17, 15) is 19.5 Å². The lowest BCUT2D eigenvalue weighted by atomic mass is 9.61. The van der Waals surface area contributed by atoms with Gasteiger partial charge in [0.25, 0.3) is 0 Å². The molecule has 3 N–H and O–H groups in total. The Balaban J connectivity index is 1.80. The highest BCUT2D eigenvalue weighted by Crippen LogP contribution is 2.48. The molecule has 4 atom stereocenters. The van der Waals surface area contributed by atoms with Gasteiger partial charge in [0.1, 0.15) is 23.2 Å². The van der Waals surface area contributed by atoms with E-state index in [4.69, 9.17) is 18.9 Å². The Morgan fingerprint density at radius 2 is 1.31 bits per heavy atom. The van der Waals surface area contributed by atoms with Crippen molar-refractivity contribution < 1.29 is 38.4 Å². The minimum Gasteiger partial charge on any atom is -0.492 e. The predicted molar refractivity (Wildman–Crippen MR) is 190 cm³/mol. The molecule has 3 aromatic carbocycles. The van der Waals surface area contributed by atoms with Gasteiger partial charge in [0, 0.05) is 12.3 Å². The third-order valence-electron chi connectivity index (χ3n) is 8.63. The number of para-hydroxylation sites is 4. The normalized spacial score (nSPS) is 20.3. The van der Waals surface area contributed by atoms with E-state index in [1.807, 2.05) is 20.8 Å². The maximum absolute atomic E-state index is 14.4. The first kappa shape index (κ1) is 37.3. The third kappa shape index (κ3) is 9.32. The number of hydrogen-bond acceptors (Lipinski definition) is 8. The van der Waals surface area contributed by atoms with Crippen LogP contribution in [0.2, 0.25) is 0 Å². The van der Waals surface area contributed by atoms with Gasteiger partial charge >= 0.3 is 0 Å². The highest BCUT2D eigenvalue weighted by Gasteiger charge is 2.56. The van der Waals surface area contributed by atoms with E-state index in [-0.39, 0.29) is 0 Å². The zero-order valence-corrected chi connectivity index (χ0v) is 29.3. The number of Topliss-reactive ketones (excluding diaryl/α,β-unsaturated/α-hetero) is 1. The number of anilines is 2. The van der Waals surface area contributed by atoms with E-state index in [1.54, 1.807) is 66.7 Å². The van der Waals surface area contributed by atoms with E-state index >= 15 is 0 Å². The van der Waals surface area contributed by atoms with E-state index < -0.39 is 47.4 Å². The number of aliphatic hydroxyl groups is 1. The summed E-state index contributed by atoms with van der Waals surface area (Å²) in [6.45, 7) is 10.7. The first-order valence-electron chi connectivity index (χ1n) is 17.3. The molecule has 4 unspecified atom stereocenters. The molecule has 0 aliphatic heterocycles. The van der Waals surface area contributed by atoms with Crippen LogP contribution in [0.5, 0.6) is 23.0 Å². The van der Waals surface area contributed by atoms with Gasteiger partial charge < -0.3 is 34.7 Å². The van der Waals surface area contributed by atoms with Crippen LogP contribution in [0.15, 0.2) is 66.7 Å². The van der Waals surface area contributed by atoms with Gasteiger partial charge in [-0.3, -0.25) is 14.4 Å². The van der Waals surface area contributed by atoms with Crippen LogP contribution < -0.4 is 29.6 Å². The Kier molecular flexibility index (Phi) is 13.5. The molecular weight excluding hydrogens is 624 g/mol. The van der Waals surface area contributed by atoms with E-state index in [1.165, 1.54) is 6.92 Å². The van der Waals surface area contributed by atoms with E-state index in [0.29, 0.717) is 66.4 Å². The Labute approximate surface area is 289 Å². The van der Waals surface area contributed by atoms with Crippen LogP contribution in [-0.4, -0.2) is 54.7 Å². The maximum atomic E-state index is 14.4. The van der Waals surface area contributed by atoms with Gasteiger partial charge in [-0.05, 0) is 76.1 Å². The summed E-state index contributed by atoms with van der Waals surface area (Å²) in [5.74, 6) is -3.44. The fourth-order valence-corrected chi connectivity index (χ4v) is 6.45. The molecule has 49 heavy (non-hydrogen) atoms. The van der Waals surface area contributed by atoms with Crippen LogP contribution in [0.25, 0.3) is 0 Å². The highest BCUT2D eigenvalue weighted by atomic mass is 16.5.